The monoisotopic (exact) mass is 1560 g/mol. The smallest absolute Gasteiger partial charge is 0.326 e. The van der Waals surface area contributed by atoms with Crippen molar-refractivity contribution in [3.63, 3.8) is 0 Å². The van der Waals surface area contributed by atoms with Gasteiger partial charge in [-0.1, -0.05) is 44.2 Å². The number of benzene rings is 1. The Kier molecular flexibility index (Phi) is 38.1. The lowest BCUT2D eigenvalue weighted by molar-refractivity contribution is -0.145. The fourth-order valence-electron chi connectivity index (χ4n) is 13.1. The van der Waals surface area contributed by atoms with E-state index in [2.05, 4.69) is 67.8 Å². The second kappa shape index (κ2) is 46.3. The molecule has 13 amide bonds. The Bertz CT molecular complexity index is 3490. The van der Waals surface area contributed by atoms with Crippen molar-refractivity contribution in [2.45, 2.75) is 221 Å². The number of aliphatic imine (C=N–C) groups is 2. The summed E-state index contributed by atoms with van der Waals surface area (Å²) in [6.45, 7) is 4.48. The van der Waals surface area contributed by atoms with E-state index >= 15 is 0 Å². The molecule has 0 spiro atoms. The Morgan fingerprint density at radius 1 is 0.545 bits per heavy atom. The van der Waals surface area contributed by atoms with E-state index in [1.807, 2.05) is 6.26 Å². The molecule has 0 bridgehead atoms. The van der Waals surface area contributed by atoms with Crippen molar-refractivity contribution >= 4 is 106 Å². The normalized spacial score (nSPS) is 18.1. The third-order valence-electron chi connectivity index (χ3n) is 18.9. The number of aliphatic carboxylic acids is 1. The minimum Gasteiger partial charge on any atom is -0.480 e. The molecule has 4 heterocycles. The molecule has 2 aromatic rings. The number of aromatic nitrogens is 2. The van der Waals surface area contributed by atoms with Gasteiger partial charge >= 0.3 is 5.97 Å². The topological polar surface area (TPSA) is 633 Å². The minimum atomic E-state index is -1.78. The summed E-state index contributed by atoms with van der Waals surface area (Å²) in [4.78, 5) is 213. The van der Waals surface area contributed by atoms with Gasteiger partial charge in [-0.25, -0.2) is 9.78 Å². The van der Waals surface area contributed by atoms with Gasteiger partial charge < -0.3 is 118 Å². The first-order valence-corrected chi connectivity index (χ1v) is 38.6. The van der Waals surface area contributed by atoms with E-state index in [1.165, 1.54) is 45.9 Å². The highest BCUT2D eigenvalue weighted by Crippen LogP contribution is 2.25. The predicted octanol–water partition coefficient (Wildman–Crippen LogP) is -5.74. The van der Waals surface area contributed by atoms with Crippen LogP contribution in [0.25, 0.3) is 0 Å². The third kappa shape index (κ3) is 29.3. The van der Waals surface area contributed by atoms with Crippen LogP contribution in [0.5, 0.6) is 0 Å². The number of aliphatic hydroxyl groups excluding tert-OH is 1. The fourth-order valence-corrected chi connectivity index (χ4v) is 13.6. The fraction of sp³-hybridized carbons (Fsp3) is 0.643. The number of nitrogens with zero attached hydrogens (tertiary/aromatic N) is 6. The Morgan fingerprint density at radius 2 is 1.00 bits per heavy atom. The number of carbonyl (C=O) groups is 14. The molecule has 40 heteroatoms. The number of likely N-dealkylation sites (tertiary alicyclic amines) is 3. The van der Waals surface area contributed by atoms with Gasteiger partial charge in [-0.15, -0.1) is 0 Å². The summed E-state index contributed by atoms with van der Waals surface area (Å²) in [6.07, 6.45) is 6.65. The van der Waals surface area contributed by atoms with Crippen LogP contribution in [0.1, 0.15) is 141 Å². The number of nitrogens with two attached hydrogens (primary N) is 7. The lowest BCUT2D eigenvalue weighted by atomic mass is 10.0. The second-order valence-electron chi connectivity index (χ2n) is 28.0. The number of carboxylic acid groups (broad SMARTS) is 1. The van der Waals surface area contributed by atoms with Crippen molar-refractivity contribution in [2.75, 3.05) is 57.9 Å². The van der Waals surface area contributed by atoms with Crippen molar-refractivity contribution in [1.82, 2.24) is 72.5 Å². The van der Waals surface area contributed by atoms with Gasteiger partial charge in [0.15, 0.2) is 11.9 Å². The van der Waals surface area contributed by atoms with Crippen LogP contribution in [0.4, 0.5) is 0 Å². The van der Waals surface area contributed by atoms with Crippen molar-refractivity contribution in [2.24, 2.45) is 56.0 Å². The number of imidazole rings is 1. The van der Waals surface area contributed by atoms with Gasteiger partial charge in [0.2, 0.25) is 76.8 Å². The molecule has 5 rings (SSSR count). The molecule has 3 fully saturated rings. The molecule has 0 aliphatic carbocycles. The molecule has 3 aliphatic rings. The number of carboxylic acids is 1. The molecule has 1 aromatic carbocycles. The largest absolute Gasteiger partial charge is 0.480 e. The number of amides is 13. The highest BCUT2D eigenvalue weighted by Gasteiger charge is 2.44. The van der Waals surface area contributed by atoms with Crippen LogP contribution >= 0.6 is 11.8 Å². The molecule has 3 aliphatic heterocycles. The van der Waals surface area contributed by atoms with Gasteiger partial charge in [-0.3, -0.25) is 72.3 Å². The summed E-state index contributed by atoms with van der Waals surface area (Å²) >= 11 is 1.42. The molecule has 0 saturated carbocycles. The zero-order chi connectivity index (χ0) is 81.1. The first-order valence-electron chi connectivity index (χ1n) is 37.2. The molecule has 39 nitrogen and oxygen atoms in total. The van der Waals surface area contributed by atoms with Crippen molar-refractivity contribution in [1.29, 1.82) is 0 Å². The quantitative estimate of drug-likeness (QED) is 0.0167. The molecular formula is C70H113N23O16S. The number of H-pyrrole nitrogens is 1. The number of hydrogen-bond acceptors (Lipinski definition) is 21. The number of hydrogen-bond donors (Lipinski definition) is 19. The number of thioether (sulfide) groups is 1. The summed E-state index contributed by atoms with van der Waals surface area (Å²) < 4.78 is 0. The Balaban J connectivity index is 1.28. The van der Waals surface area contributed by atoms with Crippen LogP contribution in [0.3, 0.4) is 0 Å². The molecule has 26 N–H and O–H groups in total. The van der Waals surface area contributed by atoms with Gasteiger partial charge in [-0.05, 0) is 140 Å². The first-order chi connectivity index (χ1) is 52.4. The van der Waals surface area contributed by atoms with Crippen molar-refractivity contribution in [3.8, 4) is 0 Å². The standard InChI is InChI=1S/C70H113N23O16S/c1-39(2)33-48(87-58(98)45(18-10-27-79-69(74)75)84-62(102)53-21-13-30-92(53)66(106)46(19-11-28-80-70(76)77)85-56(96)43(72)23-24-55(73)95)59(99)90-51(37-94)61(101)88-49(35-42-36-78-38-81-42)60(100)83-44(17-8-9-26-71)57(97)82-40(3)65(105)91-29-12-20-52(91)63(103)86-47(25-32-110-4)67(107)93-31-14-22-54(93)64(104)89-50(68(108)109)34-41-15-6-5-7-16-41/h5-7,15-16,36,38-40,43-54,94H,8-14,17-35,37,71-72H2,1-4H3,(H2,73,95)(H,78,81)(H,82,97)(H,83,100)(H,84,102)(H,85,96)(H,86,103)(H,87,98)(H,88,101)(H,89,104)(H,90,99)(H,108,109)(H4,74,75,79)(H4,76,77,80)/t40-,43-,44-,45-,46-,47-,48-,49-,50-,51-,52-,53-,54-/m0/s1. The number of guanidine groups is 2. The van der Waals surface area contributed by atoms with Gasteiger partial charge in [0, 0.05) is 63.9 Å². The average Bonchev–Trinajstić information content (AvgIpc) is 1.64. The van der Waals surface area contributed by atoms with Crippen LogP contribution < -0.4 is 88.0 Å². The highest BCUT2D eigenvalue weighted by molar-refractivity contribution is 7.98. The summed E-state index contributed by atoms with van der Waals surface area (Å²) in [7, 11) is 0. The van der Waals surface area contributed by atoms with Crippen molar-refractivity contribution in [3.05, 3.63) is 54.1 Å². The number of carbonyl (C=O) groups excluding carboxylic acids is 13. The van der Waals surface area contributed by atoms with Crippen LogP contribution in [0, 0.1) is 5.92 Å². The Morgan fingerprint density at radius 3 is 1.51 bits per heavy atom. The maximum absolute atomic E-state index is 14.6. The molecule has 0 unspecified atom stereocenters. The van der Waals surface area contributed by atoms with Gasteiger partial charge in [-0.2, -0.15) is 11.8 Å². The molecule has 13 atom stereocenters. The molecule has 610 valence electrons. The summed E-state index contributed by atoms with van der Waals surface area (Å²) in [5, 5.41) is 44.6. The number of unbranched alkanes of at least 4 members (excludes halogenated alkanes) is 1. The highest BCUT2D eigenvalue weighted by atomic mass is 32.2. The Hall–Kier alpha value is -10.2. The number of rotatable bonds is 47. The molecular weight excluding hydrogens is 1450 g/mol. The van der Waals surface area contributed by atoms with E-state index in [-0.39, 0.29) is 147 Å². The zero-order valence-electron chi connectivity index (χ0n) is 63.0. The third-order valence-corrected chi connectivity index (χ3v) is 19.5. The number of aliphatic hydroxyl groups is 1. The lowest BCUT2D eigenvalue weighted by Gasteiger charge is -2.32. The number of primary amides is 1. The van der Waals surface area contributed by atoms with Crippen LogP contribution in [0.15, 0.2) is 52.8 Å². The van der Waals surface area contributed by atoms with Gasteiger partial charge in [0.1, 0.15) is 72.5 Å². The van der Waals surface area contributed by atoms with E-state index in [9.17, 15) is 77.3 Å². The van der Waals surface area contributed by atoms with Crippen molar-refractivity contribution < 1.29 is 77.3 Å². The molecule has 3 saturated heterocycles. The molecule has 1 aromatic heterocycles. The molecule has 110 heavy (non-hydrogen) atoms. The minimum absolute atomic E-state index is 0.00146. The number of aromatic amines is 1. The SMILES string of the molecule is CSCC[C@H](NC(=O)[C@@H]1CCCN1C(=O)[C@H](C)NC(=O)[C@H](CCCCN)NC(=O)[C@H](Cc1cnc[nH]1)NC(=O)[C@H](CO)NC(=O)[C@H](CC(C)C)NC(=O)[C@H](CCCN=C(N)N)NC(=O)[C@@H]1CCCN1C(=O)[C@H](CCCN=C(N)N)NC(=O)[C@@H](N)CCC(N)=O)C(=O)N1CCC[C@H]1C(=O)N[C@@H](Cc1ccccc1)C(=O)O. The maximum atomic E-state index is 14.6. The first kappa shape index (κ1) is 90.4. The van der Waals surface area contributed by atoms with E-state index in [1.54, 1.807) is 44.2 Å². The van der Waals surface area contributed by atoms with Crippen LogP contribution in [0.2, 0.25) is 0 Å². The van der Waals surface area contributed by atoms with E-state index in [4.69, 9.17) is 40.1 Å². The van der Waals surface area contributed by atoms with Gasteiger partial charge in [0.05, 0.1) is 19.0 Å². The average molecular weight is 1560 g/mol. The van der Waals surface area contributed by atoms with Crippen LogP contribution in [-0.4, -0.2) is 266 Å². The predicted molar refractivity (Wildman–Crippen MR) is 406 cm³/mol. The maximum Gasteiger partial charge on any atom is 0.326 e. The second-order valence-corrected chi connectivity index (χ2v) is 29.0. The van der Waals surface area contributed by atoms with E-state index in [0.29, 0.717) is 49.1 Å². The lowest BCUT2D eigenvalue weighted by Crippen LogP contribution is -2.61. The summed E-state index contributed by atoms with van der Waals surface area (Å²) in [5.74, 6) is -11.7. The van der Waals surface area contributed by atoms with Crippen LogP contribution in [-0.2, 0) is 80.0 Å². The summed E-state index contributed by atoms with van der Waals surface area (Å²) in [6, 6.07) is -8.20. The zero-order valence-corrected chi connectivity index (χ0v) is 63.8. The summed E-state index contributed by atoms with van der Waals surface area (Å²) in [5.41, 5.74) is 40.3. The van der Waals surface area contributed by atoms with E-state index in [0.717, 1.165) is 0 Å². The molecule has 0 radical (unpaired) electrons. The Labute approximate surface area is 643 Å². The van der Waals surface area contributed by atoms with E-state index < -0.39 is 168 Å². The van der Waals surface area contributed by atoms with Gasteiger partial charge in [0.25, 0.3) is 0 Å². The number of nitrogens with one attached hydrogen (secondary N) is 10.